The summed E-state index contributed by atoms with van der Waals surface area (Å²) in [6, 6.07) is 8.92. The second-order valence-corrected chi connectivity index (χ2v) is 6.53. The molecule has 0 bridgehead atoms. The number of esters is 2. The third-order valence-corrected chi connectivity index (χ3v) is 4.59. The minimum absolute atomic E-state index is 0.0798. The van der Waals surface area contributed by atoms with Crippen molar-refractivity contribution >= 4 is 17.7 Å². The number of benzene rings is 1. The minimum atomic E-state index is -1.06. The first-order chi connectivity index (χ1) is 11.3. The number of ether oxygens (including phenoxy) is 2. The van der Waals surface area contributed by atoms with E-state index in [2.05, 4.69) is 0 Å². The maximum Gasteiger partial charge on any atom is 0.321 e. The summed E-state index contributed by atoms with van der Waals surface area (Å²) < 4.78 is 10.5. The maximum absolute atomic E-state index is 13.0. The van der Waals surface area contributed by atoms with Crippen molar-refractivity contribution < 1.29 is 23.9 Å². The molecule has 1 aliphatic rings. The molecule has 0 radical (unpaired) electrons. The standard InChI is InChI=1S/C19H24O5/c1-5-13(16(20)12-10-8-7-9-11-12)15-14(17(21)23-6-2)18(22)24-19(15,3)4/h7-11,13-15H,5-6H2,1-4H3/t13-,14-,15-/m1/s1. The van der Waals surface area contributed by atoms with E-state index in [4.69, 9.17) is 9.47 Å². The van der Waals surface area contributed by atoms with Crippen molar-refractivity contribution in [3.63, 3.8) is 0 Å². The lowest BCUT2D eigenvalue weighted by Crippen LogP contribution is -2.42. The molecule has 5 nitrogen and oxygen atoms in total. The van der Waals surface area contributed by atoms with Crippen LogP contribution in [-0.2, 0) is 19.1 Å². The van der Waals surface area contributed by atoms with Crippen LogP contribution in [0.5, 0.6) is 0 Å². The number of hydrogen-bond acceptors (Lipinski definition) is 5. The van der Waals surface area contributed by atoms with Gasteiger partial charge >= 0.3 is 11.9 Å². The summed E-state index contributed by atoms with van der Waals surface area (Å²) in [5, 5.41) is 0. The second kappa shape index (κ2) is 7.16. The molecule has 1 aliphatic heterocycles. The van der Waals surface area contributed by atoms with E-state index in [1.165, 1.54) is 0 Å². The summed E-state index contributed by atoms with van der Waals surface area (Å²) in [7, 11) is 0. The van der Waals surface area contributed by atoms with Gasteiger partial charge in [-0.15, -0.1) is 0 Å². The average molecular weight is 332 g/mol. The number of cyclic esters (lactones) is 1. The third kappa shape index (κ3) is 3.35. The smallest absolute Gasteiger partial charge is 0.321 e. The molecule has 0 saturated carbocycles. The van der Waals surface area contributed by atoms with Crippen LogP contribution in [0.2, 0.25) is 0 Å². The van der Waals surface area contributed by atoms with E-state index in [1.54, 1.807) is 45.0 Å². The molecule has 1 saturated heterocycles. The van der Waals surface area contributed by atoms with Crippen LogP contribution in [-0.4, -0.2) is 29.9 Å². The SMILES string of the molecule is CCOC(=O)[C@@H]1C(=O)OC(C)(C)[C@@H]1[C@@H](CC)C(=O)c1ccccc1. The summed E-state index contributed by atoms with van der Waals surface area (Å²) in [6.07, 6.45) is 0.508. The van der Waals surface area contributed by atoms with Crippen molar-refractivity contribution in [2.45, 2.75) is 39.7 Å². The van der Waals surface area contributed by atoms with E-state index in [-0.39, 0.29) is 12.4 Å². The van der Waals surface area contributed by atoms with Gasteiger partial charge in [0.15, 0.2) is 11.7 Å². The van der Waals surface area contributed by atoms with Gasteiger partial charge in [0.05, 0.1) is 6.61 Å². The van der Waals surface area contributed by atoms with Crippen molar-refractivity contribution in [1.82, 2.24) is 0 Å². The van der Waals surface area contributed by atoms with Crippen LogP contribution in [0, 0.1) is 17.8 Å². The summed E-state index contributed by atoms with van der Waals surface area (Å²) in [6.45, 7) is 7.24. The molecular formula is C19H24O5. The molecule has 2 rings (SSSR count). The molecule has 1 heterocycles. The zero-order valence-corrected chi connectivity index (χ0v) is 14.6. The lowest BCUT2D eigenvalue weighted by molar-refractivity contribution is -0.157. The van der Waals surface area contributed by atoms with Gasteiger partial charge in [0.1, 0.15) is 5.60 Å². The van der Waals surface area contributed by atoms with Crippen LogP contribution in [0.4, 0.5) is 0 Å². The summed E-state index contributed by atoms with van der Waals surface area (Å²) in [4.78, 5) is 37.5. The molecule has 5 heteroatoms. The first-order valence-electron chi connectivity index (χ1n) is 8.32. The van der Waals surface area contributed by atoms with Crippen LogP contribution in [0.25, 0.3) is 0 Å². The normalized spacial score (nSPS) is 23.4. The van der Waals surface area contributed by atoms with E-state index in [1.807, 2.05) is 13.0 Å². The number of hydrogen-bond donors (Lipinski definition) is 0. The monoisotopic (exact) mass is 332 g/mol. The van der Waals surface area contributed by atoms with Gasteiger partial charge in [-0.1, -0.05) is 37.3 Å². The van der Waals surface area contributed by atoms with Crippen molar-refractivity contribution in [3.8, 4) is 0 Å². The predicted octanol–water partition coefficient (Wildman–Crippen LogP) is 3.03. The van der Waals surface area contributed by atoms with Crippen LogP contribution in [0.15, 0.2) is 30.3 Å². The van der Waals surface area contributed by atoms with Gasteiger partial charge in [-0.3, -0.25) is 14.4 Å². The summed E-state index contributed by atoms with van der Waals surface area (Å²) in [5.41, 5.74) is -0.332. The maximum atomic E-state index is 13.0. The Morgan fingerprint density at radius 3 is 2.38 bits per heavy atom. The fourth-order valence-corrected chi connectivity index (χ4v) is 3.55. The zero-order valence-electron chi connectivity index (χ0n) is 14.6. The van der Waals surface area contributed by atoms with Crippen LogP contribution < -0.4 is 0 Å². The predicted molar refractivity (Wildman–Crippen MR) is 88.3 cm³/mol. The molecule has 1 aromatic carbocycles. The number of carbonyl (C=O) groups excluding carboxylic acids is 3. The molecule has 0 unspecified atom stereocenters. The number of Topliss-reactive ketones (excluding diaryl/α,β-unsaturated/α-hetero) is 1. The highest BCUT2D eigenvalue weighted by Gasteiger charge is 2.58. The Bertz CT molecular complexity index is 620. The molecule has 0 amide bonds. The highest BCUT2D eigenvalue weighted by atomic mass is 16.6. The molecule has 3 atom stereocenters. The lowest BCUT2D eigenvalue weighted by atomic mass is 9.70. The highest BCUT2D eigenvalue weighted by Crippen LogP contribution is 2.44. The van der Waals surface area contributed by atoms with E-state index in [0.29, 0.717) is 12.0 Å². The molecule has 130 valence electrons. The molecule has 0 spiro atoms. The lowest BCUT2D eigenvalue weighted by Gasteiger charge is -2.32. The van der Waals surface area contributed by atoms with Crippen LogP contribution in [0.1, 0.15) is 44.5 Å². The van der Waals surface area contributed by atoms with E-state index in [0.717, 1.165) is 0 Å². The van der Waals surface area contributed by atoms with Gasteiger partial charge in [0.2, 0.25) is 0 Å². The second-order valence-electron chi connectivity index (χ2n) is 6.53. The fourth-order valence-electron chi connectivity index (χ4n) is 3.55. The van der Waals surface area contributed by atoms with Crippen molar-refractivity contribution in [3.05, 3.63) is 35.9 Å². The Morgan fingerprint density at radius 1 is 1.21 bits per heavy atom. The molecule has 24 heavy (non-hydrogen) atoms. The largest absolute Gasteiger partial charge is 0.465 e. The topological polar surface area (TPSA) is 69.7 Å². The molecule has 0 aliphatic carbocycles. The Balaban J connectivity index is 2.40. The fraction of sp³-hybridized carbons (Fsp3) is 0.526. The quantitative estimate of drug-likeness (QED) is 0.455. The van der Waals surface area contributed by atoms with Gasteiger partial charge < -0.3 is 9.47 Å². The Kier molecular flexibility index (Phi) is 5.42. The van der Waals surface area contributed by atoms with Gasteiger partial charge in [-0.25, -0.2) is 0 Å². The highest BCUT2D eigenvalue weighted by molar-refractivity contribution is 6.01. The van der Waals surface area contributed by atoms with E-state index >= 15 is 0 Å². The third-order valence-electron chi connectivity index (χ3n) is 4.59. The summed E-state index contributed by atoms with van der Waals surface area (Å²) in [5.74, 6) is -3.41. The Labute approximate surface area is 142 Å². The van der Waals surface area contributed by atoms with Gasteiger partial charge in [-0.05, 0) is 27.2 Å². The van der Waals surface area contributed by atoms with Crippen molar-refractivity contribution in [2.75, 3.05) is 6.61 Å². The molecule has 1 fully saturated rings. The first-order valence-corrected chi connectivity index (χ1v) is 8.32. The van der Waals surface area contributed by atoms with Crippen LogP contribution in [0.3, 0.4) is 0 Å². The number of carbonyl (C=O) groups is 3. The molecule has 1 aromatic rings. The van der Waals surface area contributed by atoms with Gasteiger partial charge in [0.25, 0.3) is 0 Å². The average Bonchev–Trinajstić information content (AvgIpc) is 2.78. The van der Waals surface area contributed by atoms with Gasteiger partial charge in [0, 0.05) is 17.4 Å². The molecular weight excluding hydrogens is 308 g/mol. The first kappa shape index (κ1) is 18.2. The van der Waals surface area contributed by atoms with E-state index < -0.39 is 35.3 Å². The van der Waals surface area contributed by atoms with Crippen LogP contribution >= 0.6 is 0 Å². The minimum Gasteiger partial charge on any atom is -0.465 e. The number of rotatable bonds is 6. The summed E-state index contributed by atoms with van der Waals surface area (Å²) >= 11 is 0. The molecule has 0 N–H and O–H groups in total. The molecule has 0 aromatic heterocycles. The Morgan fingerprint density at radius 2 is 1.83 bits per heavy atom. The zero-order chi connectivity index (χ0) is 17.9. The van der Waals surface area contributed by atoms with Crippen molar-refractivity contribution in [2.24, 2.45) is 17.8 Å². The van der Waals surface area contributed by atoms with E-state index in [9.17, 15) is 14.4 Å². The van der Waals surface area contributed by atoms with Crippen molar-refractivity contribution in [1.29, 1.82) is 0 Å². The Hall–Kier alpha value is -2.17. The number of ketones is 1. The van der Waals surface area contributed by atoms with Gasteiger partial charge in [-0.2, -0.15) is 0 Å².